The number of rotatable bonds is 4. The fourth-order valence-corrected chi connectivity index (χ4v) is 3.04. The van der Waals surface area contributed by atoms with Crippen LogP contribution in [0.1, 0.15) is 5.56 Å². The quantitative estimate of drug-likeness (QED) is 0.590. The standard InChI is InChI=1S/C13H13BrCl2N4S/c14-12-8-20(18-13(17)21)7-6-19(12)5-4-9-10(15)2-1-3-11(9)16/h1-3,6-8H,4-5H2,(H3,17,18,21). The van der Waals surface area contributed by atoms with E-state index in [2.05, 4.69) is 21.4 Å². The lowest BCUT2D eigenvalue weighted by Gasteiger charge is -2.28. The van der Waals surface area contributed by atoms with Crippen LogP contribution in [0.2, 0.25) is 10.0 Å². The molecule has 0 atom stereocenters. The van der Waals surface area contributed by atoms with Crippen LogP contribution in [-0.4, -0.2) is 21.6 Å². The van der Waals surface area contributed by atoms with Crippen LogP contribution in [0.4, 0.5) is 0 Å². The number of hydrazine groups is 1. The third-order valence-corrected chi connectivity index (χ3v) is 4.29. The van der Waals surface area contributed by atoms with Crippen LogP contribution in [0.3, 0.4) is 0 Å². The monoisotopic (exact) mass is 406 g/mol. The molecule has 1 heterocycles. The maximum atomic E-state index is 6.17. The number of nitrogens with one attached hydrogen (secondary N) is 1. The van der Waals surface area contributed by atoms with Gasteiger partial charge in [-0.25, -0.2) is 0 Å². The van der Waals surface area contributed by atoms with Gasteiger partial charge in [0.05, 0.1) is 6.20 Å². The van der Waals surface area contributed by atoms with Crippen LogP contribution in [0.5, 0.6) is 0 Å². The van der Waals surface area contributed by atoms with Crippen molar-refractivity contribution < 1.29 is 0 Å². The molecule has 0 aromatic heterocycles. The van der Waals surface area contributed by atoms with Crippen molar-refractivity contribution in [2.75, 3.05) is 6.54 Å². The van der Waals surface area contributed by atoms with Crippen molar-refractivity contribution in [3.05, 3.63) is 57.0 Å². The van der Waals surface area contributed by atoms with E-state index >= 15 is 0 Å². The zero-order chi connectivity index (χ0) is 15.4. The molecule has 1 aliphatic rings. The number of hydrogen-bond donors (Lipinski definition) is 2. The topological polar surface area (TPSA) is 44.5 Å². The van der Waals surface area contributed by atoms with E-state index in [1.807, 2.05) is 41.7 Å². The van der Waals surface area contributed by atoms with Crippen molar-refractivity contribution in [3.63, 3.8) is 0 Å². The van der Waals surface area contributed by atoms with Crippen LogP contribution in [0.15, 0.2) is 41.4 Å². The summed E-state index contributed by atoms with van der Waals surface area (Å²) in [4.78, 5) is 2.03. The summed E-state index contributed by atoms with van der Waals surface area (Å²) in [6.07, 6.45) is 6.28. The molecule has 2 rings (SSSR count). The van der Waals surface area contributed by atoms with Gasteiger partial charge in [0.15, 0.2) is 5.11 Å². The summed E-state index contributed by atoms with van der Waals surface area (Å²) in [7, 11) is 0. The van der Waals surface area contributed by atoms with Crippen molar-refractivity contribution in [2.24, 2.45) is 5.73 Å². The number of nitrogens with two attached hydrogens (primary N) is 1. The molecule has 0 fully saturated rings. The Bertz CT molecular complexity index is 586. The highest BCUT2D eigenvalue weighted by molar-refractivity contribution is 9.11. The molecular formula is C13H13BrCl2N4S. The third-order valence-electron chi connectivity index (χ3n) is 2.83. The molecule has 0 spiro atoms. The van der Waals surface area contributed by atoms with E-state index < -0.39 is 0 Å². The first-order valence-corrected chi connectivity index (χ1v) is 8.02. The predicted molar refractivity (Wildman–Crippen MR) is 94.8 cm³/mol. The van der Waals surface area contributed by atoms with E-state index in [0.29, 0.717) is 10.0 Å². The highest BCUT2D eigenvalue weighted by Crippen LogP contribution is 2.26. The minimum Gasteiger partial charge on any atom is -0.375 e. The minimum absolute atomic E-state index is 0.201. The molecule has 0 saturated heterocycles. The lowest BCUT2D eigenvalue weighted by Crippen LogP contribution is -2.40. The zero-order valence-corrected chi connectivity index (χ0v) is 14.8. The van der Waals surface area contributed by atoms with Gasteiger partial charge >= 0.3 is 0 Å². The Morgan fingerprint density at radius 1 is 1.29 bits per heavy atom. The van der Waals surface area contributed by atoms with Gasteiger partial charge < -0.3 is 10.6 Å². The van der Waals surface area contributed by atoms with Gasteiger partial charge in [0.2, 0.25) is 0 Å². The van der Waals surface area contributed by atoms with E-state index in [4.69, 9.17) is 41.2 Å². The van der Waals surface area contributed by atoms with Gasteiger partial charge in [0, 0.05) is 29.0 Å². The van der Waals surface area contributed by atoms with Crippen molar-refractivity contribution in [1.29, 1.82) is 0 Å². The van der Waals surface area contributed by atoms with E-state index in [0.717, 1.165) is 23.1 Å². The average Bonchev–Trinajstić information content (AvgIpc) is 2.39. The number of halogens is 3. The molecule has 112 valence electrons. The first-order valence-electron chi connectivity index (χ1n) is 6.07. The fourth-order valence-electron chi connectivity index (χ4n) is 1.84. The van der Waals surface area contributed by atoms with Gasteiger partial charge in [-0.05, 0) is 52.3 Å². The van der Waals surface area contributed by atoms with Gasteiger partial charge in [-0.1, -0.05) is 29.3 Å². The van der Waals surface area contributed by atoms with Crippen LogP contribution < -0.4 is 11.2 Å². The molecule has 4 nitrogen and oxygen atoms in total. The summed E-state index contributed by atoms with van der Waals surface area (Å²) in [5, 5.41) is 3.24. The maximum Gasteiger partial charge on any atom is 0.183 e. The first-order chi connectivity index (χ1) is 9.97. The second kappa shape index (κ2) is 7.35. The third kappa shape index (κ3) is 4.51. The van der Waals surface area contributed by atoms with Gasteiger partial charge in [0.25, 0.3) is 0 Å². The largest absolute Gasteiger partial charge is 0.375 e. The second-order valence-corrected chi connectivity index (χ2v) is 6.34. The molecule has 1 aromatic rings. The van der Waals surface area contributed by atoms with Crippen molar-refractivity contribution in [2.45, 2.75) is 6.42 Å². The minimum atomic E-state index is 0.201. The SMILES string of the molecule is NC(=S)NN1C=CN(CCc2c(Cl)cccc2Cl)C(Br)=C1. The molecule has 1 aromatic carbocycles. The maximum absolute atomic E-state index is 6.17. The molecule has 0 amide bonds. The van der Waals surface area contributed by atoms with Crippen LogP contribution in [-0.2, 0) is 6.42 Å². The normalized spacial score (nSPS) is 14.1. The van der Waals surface area contributed by atoms with Crippen molar-refractivity contribution >= 4 is 56.5 Å². The number of nitrogens with zero attached hydrogens (tertiary/aromatic N) is 2. The Kier molecular flexibility index (Phi) is 5.75. The lowest BCUT2D eigenvalue weighted by molar-refractivity contribution is 0.391. The molecule has 0 radical (unpaired) electrons. The molecule has 1 aliphatic heterocycles. The predicted octanol–water partition coefficient (Wildman–Crippen LogP) is 3.57. The van der Waals surface area contributed by atoms with E-state index in [-0.39, 0.29) is 5.11 Å². The Balaban J connectivity index is 1.99. The van der Waals surface area contributed by atoms with Gasteiger partial charge in [-0.2, -0.15) is 0 Å². The molecule has 21 heavy (non-hydrogen) atoms. The molecule has 0 aliphatic carbocycles. The molecule has 0 saturated carbocycles. The van der Waals surface area contributed by atoms with E-state index in [1.165, 1.54) is 0 Å². The number of thiocarbonyl (C=S) groups is 1. The summed E-state index contributed by atoms with van der Waals surface area (Å²) >= 11 is 20.6. The molecule has 0 unspecified atom stereocenters. The summed E-state index contributed by atoms with van der Waals surface area (Å²) in [5.41, 5.74) is 9.18. The van der Waals surface area contributed by atoms with Crippen molar-refractivity contribution in [1.82, 2.24) is 15.3 Å². The molecule has 3 N–H and O–H groups in total. The summed E-state index contributed by atoms with van der Waals surface area (Å²) in [6, 6.07) is 5.52. The Hall–Kier alpha value is -0.950. The smallest absolute Gasteiger partial charge is 0.183 e. The second-order valence-electron chi connectivity index (χ2n) is 4.28. The summed E-state index contributed by atoms with van der Waals surface area (Å²) in [5.74, 6) is 0. The van der Waals surface area contributed by atoms with Crippen LogP contribution in [0, 0.1) is 0 Å². The Morgan fingerprint density at radius 3 is 2.52 bits per heavy atom. The molecular weight excluding hydrogens is 395 g/mol. The van der Waals surface area contributed by atoms with Crippen LogP contribution >= 0.6 is 51.3 Å². The van der Waals surface area contributed by atoms with Gasteiger partial charge in [-0.3, -0.25) is 10.4 Å². The molecule has 0 bridgehead atoms. The van der Waals surface area contributed by atoms with Crippen LogP contribution in [0.25, 0.3) is 0 Å². The fraction of sp³-hybridized carbons (Fsp3) is 0.154. The highest BCUT2D eigenvalue weighted by Gasteiger charge is 2.13. The summed E-state index contributed by atoms with van der Waals surface area (Å²) < 4.78 is 0.872. The van der Waals surface area contributed by atoms with Crippen molar-refractivity contribution in [3.8, 4) is 0 Å². The number of benzene rings is 1. The molecule has 8 heteroatoms. The first kappa shape index (κ1) is 16.4. The van der Waals surface area contributed by atoms with Gasteiger partial charge in [0.1, 0.15) is 4.61 Å². The highest BCUT2D eigenvalue weighted by atomic mass is 79.9. The summed E-state index contributed by atoms with van der Waals surface area (Å²) in [6.45, 7) is 0.734. The van der Waals surface area contributed by atoms with E-state index in [1.54, 1.807) is 5.01 Å². The number of hydrogen-bond acceptors (Lipinski definition) is 3. The zero-order valence-electron chi connectivity index (χ0n) is 10.9. The lowest BCUT2D eigenvalue weighted by atomic mass is 10.1. The Labute approximate surface area is 147 Å². The average molecular weight is 408 g/mol. The van der Waals surface area contributed by atoms with Gasteiger partial charge in [-0.15, -0.1) is 0 Å². The Morgan fingerprint density at radius 2 is 1.95 bits per heavy atom. The van der Waals surface area contributed by atoms with E-state index in [9.17, 15) is 0 Å².